The van der Waals surface area contributed by atoms with Crippen molar-refractivity contribution in [2.24, 2.45) is 29.1 Å². The molecule has 4 aliphatic rings. The molecule has 0 unspecified atom stereocenters. The fourth-order valence-corrected chi connectivity index (χ4v) is 9.94. The molecule has 1 aliphatic carbocycles. The number of allylic oxidation sites excluding steroid dienone is 6. The van der Waals surface area contributed by atoms with Crippen LogP contribution in [0.4, 0.5) is 0 Å². The zero-order valence-electron chi connectivity index (χ0n) is 40.7. The molecule has 0 aromatic carbocycles. The summed E-state index contributed by atoms with van der Waals surface area (Å²) in [5, 5.41) is 33.9. The zero-order chi connectivity index (χ0) is 48.2. The van der Waals surface area contributed by atoms with Gasteiger partial charge in [-0.25, -0.2) is 4.79 Å². The predicted octanol–water partition coefficient (Wildman–Crippen LogP) is 6.32. The number of cyclic esters (lactones) is 1. The zero-order valence-corrected chi connectivity index (χ0v) is 40.7. The number of nitrogens with zero attached hydrogens (tertiary/aromatic N) is 1. The van der Waals surface area contributed by atoms with Gasteiger partial charge in [0.1, 0.15) is 30.1 Å². The van der Waals surface area contributed by atoms with Crippen molar-refractivity contribution < 1.29 is 63.0 Å². The third-order valence-corrected chi connectivity index (χ3v) is 14.4. The number of piperidine rings is 1. The lowest BCUT2D eigenvalue weighted by molar-refractivity contribution is -0.265. The second kappa shape index (κ2) is 24.6. The summed E-state index contributed by atoms with van der Waals surface area (Å²) in [6.07, 6.45) is 11.3. The van der Waals surface area contributed by atoms with E-state index in [0.717, 1.165) is 12.0 Å². The highest BCUT2D eigenvalue weighted by Gasteiger charge is 2.53. The summed E-state index contributed by atoms with van der Waals surface area (Å²) in [7, 11) is 4.51. The first-order valence-electron chi connectivity index (χ1n) is 23.8. The fraction of sp³-hybridized carbons (Fsp3) is 0.745. The van der Waals surface area contributed by atoms with Gasteiger partial charge in [-0.1, -0.05) is 57.2 Å². The van der Waals surface area contributed by atoms with E-state index in [4.69, 9.17) is 23.7 Å². The molecule has 0 radical (unpaired) electrons. The van der Waals surface area contributed by atoms with Crippen LogP contribution < -0.4 is 0 Å². The van der Waals surface area contributed by atoms with Gasteiger partial charge in [0.25, 0.3) is 11.7 Å². The molecule has 1 saturated carbocycles. The number of esters is 1. The Hall–Kier alpha value is -3.37. The summed E-state index contributed by atoms with van der Waals surface area (Å²) in [5.41, 5.74) is 0.0786. The lowest BCUT2D eigenvalue weighted by Gasteiger charge is -2.42. The van der Waals surface area contributed by atoms with E-state index in [-0.39, 0.29) is 61.2 Å². The molecule has 13 atom stereocenters. The molecule has 0 spiro atoms. The van der Waals surface area contributed by atoms with Gasteiger partial charge in [-0.2, -0.15) is 0 Å². The Morgan fingerprint density at radius 2 is 1.58 bits per heavy atom. The number of hydrogen-bond donors (Lipinski definition) is 3. The van der Waals surface area contributed by atoms with Gasteiger partial charge in [-0.15, -0.1) is 0 Å². The molecule has 14 heteroatoms. The standard InChI is InChI=1S/C51H79NO13/c1-31-16-12-11-13-17-32(2)41(61-8)28-37-22-20-35(5)51(60,65-37)47(57)48(58)52-25-15-14-18-38(52)49(59)64-42(33(3)26-36-21-24-39(53)43(27-36)62-9)29-44(55)50(6,7)30-34(4)45(56)46(63-10)40(54)23-19-31/h11-13,16-17,30-31,33,35-39,41-43,45-46,53,56,60H,14-15,18-29H2,1-10H3/b13-11+,16-12+,32-17+,34-30+/t31-,33-,35-,36+,37+,38+,39-,41+,42+,43-,45-,46+,51-/m1/s1. The molecule has 3 aliphatic heterocycles. The molecule has 14 nitrogen and oxygen atoms in total. The van der Waals surface area contributed by atoms with E-state index in [1.165, 1.54) is 12.0 Å². The van der Waals surface area contributed by atoms with Crippen LogP contribution in [-0.4, -0.2) is 132 Å². The number of hydrogen-bond acceptors (Lipinski definition) is 13. The van der Waals surface area contributed by atoms with E-state index in [1.54, 1.807) is 48.0 Å². The Balaban J connectivity index is 1.71. The molecule has 0 aromatic heterocycles. The largest absolute Gasteiger partial charge is 0.460 e. The van der Waals surface area contributed by atoms with E-state index in [0.29, 0.717) is 63.4 Å². The number of ether oxygens (including phenoxy) is 5. The summed E-state index contributed by atoms with van der Waals surface area (Å²) >= 11 is 0. The molecule has 65 heavy (non-hydrogen) atoms. The number of rotatable bonds is 6. The predicted molar refractivity (Wildman–Crippen MR) is 245 cm³/mol. The number of Topliss-reactive ketones (excluding diaryl/α,β-unsaturated/α-hetero) is 3. The number of carbonyl (C=O) groups excluding carboxylic acids is 5. The third-order valence-electron chi connectivity index (χ3n) is 14.4. The first kappa shape index (κ1) is 54.2. The lowest BCUT2D eigenvalue weighted by atomic mass is 9.77. The van der Waals surface area contributed by atoms with Gasteiger partial charge in [0.15, 0.2) is 5.78 Å². The number of amides is 1. The summed E-state index contributed by atoms with van der Waals surface area (Å²) in [5.74, 6) is -6.81. The molecule has 1 amide bonds. The smallest absolute Gasteiger partial charge is 0.329 e. The van der Waals surface area contributed by atoms with Crippen LogP contribution in [0.3, 0.4) is 0 Å². The maximum absolute atomic E-state index is 14.4. The number of aliphatic hydroxyl groups excluding tert-OH is 2. The van der Waals surface area contributed by atoms with Crippen molar-refractivity contribution in [1.29, 1.82) is 0 Å². The van der Waals surface area contributed by atoms with Crippen LogP contribution in [0, 0.1) is 29.1 Å². The van der Waals surface area contributed by atoms with Gasteiger partial charge in [0.05, 0.1) is 24.4 Å². The van der Waals surface area contributed by atoms with Gasteiger partial charge in [-0.05, 0) is 121 Å². The molecule has 0 aromatic rings. The third kappa shape index (κ3) is 14.3. The van der Waals surface area contributed by atoms with E-state index < -0.39 is 77.4 Å². The fourth-order valence-electron chi connectivity index (χ4n) is 9.94. The highest BCUT2D eigenvalue weighted by molar-refractivity contribution is 6.39. The Morgan fingerprint density at radius 1 is 0.862 bits per heavy atom. The van der Waals surface area contributed by atoms with Crippen LogP contribution in [0.2, 0.25) is 0 Å². The Morgan fingerprint density at radius 3 is 2.26 bits per heavy atom. The maximum Gasteiger partial charge on any atom is 0.329 e. The van der Waals surface area contributed by atoms with Crippen molar-refractivity contribution in [3.8, 4) is 0 Å². The van der Waals surface area contributed by atoms with Crippen LogP contribution in [0.25, 0.3) is 0 Å². The van der Waals surface area contributed by atoms with Gasteiger partial charge in [0, 0.05) is 58.5 Å². The van der Waals surface area contributed by atoms with Crippen molar-refractivity contribution in [1.82, 2.24) is 4.90 Å². The first-order chi connectivity index (χ1) is 30.7. The van der Waals surface area contributed by atoms with Crippen LogP contribution in [0.1, 0.15) is 132 Å². The summed E-state index contributed by atoms with van der Waals surface area (Å²) in [4.78, 5) is 71.9. The maximum atomic E-state index is 14.4. The Kier molecular flexibility index (Phi) is 20.5. The van der Waals surface area contributed by atoms with E-state index >= 15 is 0 Å². The summed E-state index contributed by atoms with van der Waals surface area (Å²) < 4.78 is 29.4. The molecule has 3 fully saturated rings. The normalized spacial score (nSPS) is 38.9. The second-order valence-corrected chi connectivity index (χ2v) is 19.9. The number of methoxy groups -OCH3 is 3. The topological polar surface area (TPSA) is 195 Å². The number of ketones is 3. The molecule has 3 heterocycles. The van der Waals surface area contributed by atoms with Crippen molar-refractivity contribution >= 4 is 29.2 Å². The molecule has 4 rings (SSSR count). The van der Waals surface area contributed by atoms with Gasteiger partial charge in [-0.3, -0.25) is 19.2 Å². The minimum Gasteiger partial charge on any atom is -0.460 e. The molecule has 3 N–H and O–H groups in total. The van der Waals surface area contributed by atoms with Crippen molar-refractivity contribution in [2.45, 2.75) is 186 Å². The molecule has 366 valence electrons. The lowest BCUT2D eigenvalue weighted by Crippen LogP contribution is -2.61. The highest BCUT2D eigenvalue weighted by Crippen LogP contribution is 2.38. The van der Waals surface area contributed by atoms with Crippen molar-refractivity contribution in [3.05, 3.63) is 47.6 Å². The Labute approximate surface area is 387 Å². The van der Waals surface area contributed by atoms with Gasteiger partial charge >= 0.3 is 5.97 Å². The molecular weight excluding hydrogens is 835 g/mol. The van der Waals surface area contributed by atoms with Crippen LogP contribution >= 0.6 is 0 Å². The number of aliphatic hydroxyl groups is 3. The van der Waals surface area contributed by atoms with Crippen LogP contribution in [-0.2, 0) is 47.7 Å². The molecule has 2 bridgehead atoms. The average molecular weight is 914 g/mol. The number of fused-ring (bicyclic) bond motifs is 3. The minimum atomic E-state index is -2.43. The first-order valence-corrected chi connectivity index (χ1v) is 23.8. The summed E-state index contributed by atoms with van der Waals surface area (Å²) in [6, 6.07) is -1.15. The monoisotopic (exact) mass is 914 g/mol. The second-order valence-electron chi connectivity index (χ2n) is 19.9. The van der Waals surface area contributed by atoms with Crippen molar-refractivity contribution in [2.75, 3.05) is 27.9 Å². The van der Waals surface area contributed by atoms with Crippen LogP contribution in [0.5, 0.6) is 0 Å². The van der Waals surface area contributed by atoms with E-state index in [2.05, 4.69) is 0 Å². The highest BCUT2D eigenvalue weighted by atomic mass is 16.6. The number of carbonyl (C=O) groups is 5. The quantitative estimate of drug-likeness (QED) is 0.152. The Bertz CT molecular complexity index is 1770. The van der Waals surface area contributed by atoms with Crippen LogP contribution in [0.15, 0.2) is 47.6 Å². The molecular formula is C51H79NO13. The van der Waals surface area contributed by atoms with Crippen molar-refractivity contribution in [3.63, 3.8) is 0 Å². The van der Waals surface area contributed by atoms with Gasteiger partial charge < -0.3 is 43.9 Å². The summed E-state index contributed by atoms with van der Waals surface area (Å²) in [6.45, 7) is 12.6. The minimum absolute atomic E-state index is 0.0368. The van der Waals surface area contributed by atoms with E-state index in [9.17, 15) is 39.3 Å². The van der Waals surface area contributed by atoms with Gasteiger partial charge in [0.2, 0.25) is 5.79 Å². The molecule has 2 saturated heterocycles. The average Bonchev–Trinajstić information content (AvgIpc) is 3.27. The van der Waals surface area contributed by atoms with E-state index in [1.807, 2.05) is 51.2 Å². The SMILES string of the molecule is CO[C@H]1C[C@@H]2CC[C@@H](C)[C@@](O)(O2)C(=O)C(=O)N2CCCC[C@H]2C(=O)O[C@H]([C@H](C)C[C@@H]2CC[C@@H](O)[C@H](OC)C2)CC(=O)C(C)(C)/C=C(\C)[C@@H](O)[C@@H](OC)C(=O)CC[C@H](C)/C=C/C=C/C=C/1C.